The predicted molar refractivity (Wildman–Crippen MR) is 106 cm³/mol. The van der Waals surface area contributed by atoms with Crippen LogP contribution >= 0.6 is 11.3 Å². The van der Waals surface area contributed by atoms with Crippen molar-refractivity contribution in [3.63, 3.8) is 0 Å². The van der Waals surface area contributed by atoms with E-state index in [0.717, 1.165) is 12.0 Å². The van der Waals surface area contributed by atoms with Crippen LogP contribution in [0.5, 0.6) is 0 Å². The Balaban J connectivity index is 1.67. The van der Waals surface area contributed by atoms with Crippen molar-refractivity contribution < 1.29 is 9.53 Å². The minimum atomic E-state index is -0.389. The van der Waals surface area contributed by atoms with Crippen LogP contribution in [0.15, 0.2) is 47.9 Å². The first kappa shape index (κ1) is 19.3. The summed E-state index contributed by atoms with van der Waals surface area (Å²) in [6.07, 6.45) is 9.93. The molecule has 4 heteroatoms. The first-order valence-corrected chi connectivity index (χ1v) is 9.85. The largest absolute Gasteiger partial charge is 0.445 e. The lowest BCUT2D eigenvalue weighted by atomic mass is 10.1. The van der Waals surface area contributed by atoms with Gasteiger partial charge >= 0.3 is 6.09 Å². The number of ether oxygens (including phenoxy) is 1. The summed E-state index contributed by atoms with van der Waals surface area (Å²) in [6, 6.07) is 11.9. The molecule has 1 amide bonds. The van der Waals surface area contributed by atoms with Gasteiger partial charge in [-0.15, -0.1) is 11.3 Å². The van der Waals surface area contributed by atoms with Crippen LogP contribution in [0.25, 0.3) is 6.08 Å². The lowest BCUT2D eigenvalue weighted by Crippen LogP contribution is -2.24. The molecule has 1 heterocycles. The van der Waals surface area contributed by atoms with E-state index in [1.54, 1.807) is 11.3 Å². The lowest BCUT2D eigenvalue weighted by molar-refractivity contribution is 0.141. The summed E-state index contributed by atoms with van der Waals surface area (Å²) in [4.78, 5) is 13.0. The van der Waals surface area contributed by atoms with E-state index < -0.39 is 0 Å². The number of alkyl carbamates (subject to hydrolysis) is 1. The third kappa shape index (κ3) is 7.57. The topological polar surface area (TPSA) is 38.3 Å². The molecular formula is C21H27NO2S. The highest BCUT2D eigenvalue weighted by Gasteiger charge is 2.02. The summed E-state index contributed by atoms with van der Waals surface area (Å²) >= 11 is 1.75. The molecule has 0 aliphatic heterocycles. The van der Waals surface area contributed by atoms with Gasteiger partial charge in [0, 0.05) is 11.4 Å². The van der Waals surface area contributed by atoms with Crippen LogP contribution in [0.3, 0.4) is 0 Å². The molecule has 2 aromatic rings. The van der Waals surface area contributed by atoms with Crippen molar-refractivity contribution in [1.29, 1.82) is 0 Å². The summed E-state index contributed by atoms with van der Waals surface area (Å²) in [5, 5.41) is 4.89. The number of hydrogen-bond donors (Lipinski definition) is 1. The third-order valence-electron chi connectivity index (χ3n) is 3.93. The lowest BCUT2D eigenvalue weighted by Gasteiger charge is -2.05. The number of carbonyl (C=O) groups excluding carboxylic acids is 1. The van der Waals surface area contributed by atoms with Crippen molar-refractivity contribution in [1.82, 2.24) is 5.32 Å². The van der Waals surface area contributed by atoms with Gasteiger partial charge in [-0.2, -0.15) is 0 Å². The van der Waals surface area contributed by atoms with E-state index in [2.05, 4.69) is 29.8 Å². The van der Waals surface area contributed by atoms with E-state index in [9.17, 15) is 4.79 Å². The average Bonchev–Trinajstić information content (AvgIpc) is 3.09. The molecule has 0 atom stereocenters. The smallest absolute Gasteiger partial charge is 0.407 e. The number of aryl methyl sites for hydroxylation is 1. The molecule has 1 aromatic carbocycles. The van der Waals surface area contributed by atoms with E-state index in [-0.39, 0.29) is 6.09 Å². The molecule has 0 aliphatic rings. The van der Waals surface area contributed by atoms with Gasteiger partial charge in [0.25, 0.3) is 0 Å². The summed E-state index contributed by atoms with van der Waals surface area (Å²) in [5.74, 6) is 0. The number of hydrogen-bond acceptors (Lipinski definition) is 3. The molecule has 0 unspecified atom stereocenters. The number of nitrogens with one attached hydrogen (secondary N) is 1. The Labute approximate surface area is 154 Å². The molecule has 0 spiro atoms. The monoisotopic (exact) mass is 357 g/mol. The first-order chi connectivity index (χ1) is 12.3. The molecule has 0 radical (unpaired) electrons. The molecule has 0 aliphatic carbocycles. The fraction of sp³-hybridized carbons (Fsp3) is 0.381. The van der Waals surface area contributed by atoms with Crippen molar-refractivity contribution in [3.8, 4) is 0 Å². The fourth-order valence-electron chi connectivity index (χ4n) is 2.52. The number of thiophene rings is 1. The average molecular weight is 358 g/mol. The van der Waals surface area contributed by atoms with Crippen LogP contribution in [0, 0.1) is 0 Å². The minimum Gasteiger partial charge on any atom is -0.445 e. The summed E-state index contributed by atoms with van der Waals surface area (Å²) in [5.41, 5.74) is 2.39. The maximum atomic E-state index is 11.7. The second-order valence-electron chi connectivity index (χ2n) is 5.97. The maximum Gasteiger partial charge on any atom is 0.407 e. The van der Waals surface area contributed by atoms with Gasteiger partial charge < -0.3 is 10.1 Å². The van der Waals surface area contributed by atoms with Gasteiger partial charge in [0.15, 0.2) is 0 Å². The second-order valence-corrected chi connectivity index (χ2v) is 6.91. The standard InChI is InChI=1S/C21H27NO2S/c1-2-3-4-8-12-19-14-16-25-20(19)13-9-15-22-21(23)24-17-18-10-6-5-7-11-18/h5-7,9-11,13-14,16H,2-4,8,12,15,17H2,1H3,(H,22,23). The van der Waals surface area contributed by atoms with Gasteiger partial charge in [-0.1, -0.05) is 62.6 Å². The highest BCUT2D eigenvalue weighted by molar-refractivity contribution is 7.11. The van der Waals surface area contributed by atoms with Crippen molar-refractivity contribution in [2.75, 3.05) is 6.54 Å². The Hall–Kier alpha value is -2.07. The Morgan fingerprint density at radius 1 is 1.16 bits per heavy atom. The van der Waals surface area contributed by atoms with E-state index in [0.29, 0.717) is 13.2 Å². The molecule has 25 heavy (non-hydrogen) atoms. The quantitative estimate of drug-likeness (QED) is 0.545. The number of amides is 1. The zero-order valence-electron chi connectivity index (χ0n) is 14.9. The first-order valence-electron chi connectivity index (χ1n) is 8.97. The van der Waals surface area contributed by atoms with Crippen molar-refractivity contribution in [2.45, 2.75) is 45.6 Å². The SMILES string of the molecule is CCCCCCc1ccsc1C=CCNC(=O)OCc1ccccc1. The Bertz CT molecular complexity index is 649. The van der Waals surface area contributed by atoms with Crippen LogP contribution in [-0.2, 0) is 17.8 Å². The van der Waals surface area contributed by atoms with Crippen molar-refractivity contribution in [2.24, 2.45) is 0 Å². The third-order valence-corrected chi connectivity index (χ3v) is 4.85. The summed E-state index contributed by atoms with van der Waals surface area (Å²) in [6.45, 7) is 3.00. The molecular weight excluding hydrogens is 330 g/mol. The van der Waals surface area contributed by atoms with Gasteiger partial charge in [0.1, 0.15) is 6.61 Å². The molecule has 0 fully saturated rings. The molecule has 0 saturated carbocycles. The molecule has 1 N–H and O–H groups in total. The fourth-order valence-corrected chi connectivity index (χ4v) is 3.40. The van der Waals surface area contributed by atoms with Crippen molar-refractivity contribution in [3.05, 3.63) is 63.9 Å². The number of rotatable bonds is 10. The number of carbonyl (C=O) groups is 1. The van der Waals surface area contributed by atoms with Gasteiger partial charge in [-0.3, -0.25) is 0 Å². The predicted octanol–water partition coefficient (Wildman–Crippen LogP) is 5.81. The summed E-state index contributed by atoms with van der Waals surface area (Å²) < 4.78 is 5.18. The Kier molecular flexibility index (Phi) is 8.84. The molecule has 0 saturated heterocycles. The van der Waals surface area contributed by atoms with Gasteiger partial charge in [-0.25, -0.2) is 4.79 Å². The maximum absolute atomic E-state index is 11.7. The van der Waals surface area contributed by atoms with E-state index in [1.807, 2.05) is 36.4 Å². The van der Waals surface area contributed by atoms with Crippen LogP contribution < -0.4 is 5.32 Å². The number of benzene rings is 1. The minimum absolute atomic E-state index is 0.295. The van der Waals surface area contributed by atoms with Gasteiger partial charge in [0.05, 0.1) is 0 Å². The number of unbranched alkanes of at least 4 members (excludes halogenated alkanes) is 3. The Morgan fingerprint density at radius 3 is 2.80 bits per heavy atom. The molecule has 0 bridgehead atoms. The van der Waals surface area contributed by atoms with Crippen molar-refractivity contribution >= 4 is 23.5 Å². The molecule has 134 valence electrons. The van der Waals surface area contributed by atoms with E-state index in [4.69, 9.17) is 4.74 Å². The molecule has 2 rings (SSSR count). The van der Waals surface area contributed by atoms with Gasteiger partial charge in [0.2, 0.25) is 0 Å². The highest BCUT2D eigenvalue weighted by Crippen LogP contribution is 2.21. The molecule has 3 nitrogen and oxygen atoms in total. The van der Waals surface area contributed by atoms with E-state index in [1.165, 1.54) is 36.1 Å². The second kappa shape index (κ2) is 11.5. The van der Waals surface area contributed by atoms with Gasteiger partial charge in [-0.05, 0) is 41.5 Å². The van der Waals surface area contributed by atoms with Crippen LogP contribution in [0.2, 0.25) is 0 Å². The Morgan fingerprint density at radius 2 is 2.00 bits per heavy atom. The van der Waals surface area contributed by atoms with Crippen LogP contribution in [0.4, 0.5) is 4.79 Å². The highest BCUT2D eigenvalue weighted by atomic mass is 32.1. The zero-order chi connectivity index (χ0) is 17.7. The zero-order valence-corrected chi connectivity index (χ0v) is 15.7. The normalized spacial score (nSPS) is 10.9. The molecule has 1 aromatic heterocycles. The van der Waals surface area contributed by atoms with E-state index >= 15 is 0 Å². The van der Waals surface area contributed by atoms with Crippen LogP contribution in [0.1, 0.15) is 48.6 Å². The summed E-state index contributed by atoms with van der Waals surface area (Å²) in [7, 11) is 0. The van der Waals surface area contributed by atoms with Crippen LogP contribution in [-0.4, -0.2) is 12.6 Å².